The highest BCUT2D eigenvalue weighted by Crippen LogP contribution is 2.43. The molecule has 0 amide bonds. The van der Waals surface area contributed by atoms with Gasteiger partial charge in [-0.3, -0.25) is 0 Å². The second kappa shape index (κ2) is 13.1. The van der Waals surface area contributed by atoms with Gasteiger partial charge in [-0.15, -0.1) is 0 Å². The van der Waals surface area contributed by atoms with Gasteiger partial charge < -0.3 is 13.6 Å². The van der Waals surface area contributed by atoms with Gasteiger partial charge >= 0.3 is 0 Å². The molecule has 0 bridgehead atoms. The molecule has 61 heavy (non-hydrogen) atoms. The van der Waals surface area contributed by atoms with Crippen LogP contribution in [0.3, 0.4) is 0 Å². The van der Waals surface area contributed by atoms with Crippen LogP contribution in [0.15, 0.2) is 205 Å². The van der Waals surface area contributed by atoms with Gasteiger partial charge in [0.15, 0.2) is 17.5 Å². The fourth-order valence-corrected chi connectivity index (χ4v) is 9.39. The van der Waals surface area contributed by atoms with Crippen LogP contribution < -0.4 is 0 Å². The van der Waals surface area contributed by atoms with E-state index in [1.54, 1.807) is 0 Å². The highest BCUT2D eigenvalue weighted by atomic mass is 16.3. The molecule has 0 saturated heterocycles. The van der Waals surface area contributed by atoms with Crippen LogP contribution >= 0.6 is 0 Å². The Hall–Kier alpha value is -8.35. The lowest BCUT2D eigenvalue weighted by Gasteiger charge is -2.13. The Balaban J connectivity index is 1.08. The number of benzene rings is 9. The van der Waals surface area contributed by atoms with E-state index in [-0.39, 0.29) is 0 Å². The van der Waals surface area contributed by atoms with Crippen molar-refractivity contribution in [2.24, 2.45) is 0 Å². The third-order valence-electron chi connectivity index (χ3n) is 12.1. The first-order chi connectivity index (χ1) is 30.2. The molecule has 13 aromatic rings. The topological polar surface area (TPSA) is 61.7 Å². The van der Waals surface area contributed by atoms with Crippen molar-refractivity contribution in [3.63, 3.8) is 0 Å². The predicted octanol–water partition coefficient (Wildman–Crippen LogP) is 14.1. The van der Waals surface area contributed by atoms with Crippen LogP contribution in [0.4, 0.5) is 0 Å². The van der Waals surface area contributed by atoms with Crippen molar-refractivity contribution in [1.82, 2.24) is 24.1 Å². The standard InChI is InChI=1S/C55H33N5O/c1-3-15-34(16-4-1)53-56-54(37-27-28-41-39-21-9-12-24-45(39)59(48(41)33-37)38-19-5-2-6-20-38)58-55(57-53)43-29-30-47(51-42-23-11-14-26-50(42)61-52(43)51)60-46-25-13-10-22-40(46)44-31-35-17-7-8-18-36(35)32-49(44)60/h1-33H. The Labute approximate surface area is 349 Å². The number of fused-ring (bicyclic) bond motifs is 10. The number of aromatic nitrogens is 5. The van der Waals surface area contributed by atoms with Crippen molar-refractivity contribution in [3.8, 4) is 45.5 Å². The minimum absolute atomic E-state index is 0.538. The Bertz CT molecular complexity index is 3880. The van der Waals surface area contributed by atoms with Gasteiger partial charge in [-0.25, -0.2) is 15.0 Å². The summed E-state index contributed by atoms with van der Waals surface area (Å²) >= 11 is 0. The molecule has 6 nitrogen and oxygen atoms in total. The summed E-state index contributed by atoms with van der Waals surface area (Å²) < 4.78 is 11.6. The molecule has 0 atom stereocenters. The first kappa shape index (κ1) is 33.6. The molecule has 0 unspecified atom stereocenters. The first-order valence-electron chi connectivity index (χ1n) is 20.5. The Morgan fingerprint density at radius 1 is 0.361 bits per heavy atom. The Morgan fingerprint density at radius 2 is 0.934 bits per heavy atom. The van der Waals surface area contributed by atoms with Crippen LogP contribution in [0.5, 0.6) is 0 Å². The molecule has 0 aliphatic carbocycles. The molecular formula is C55H33N5O. The molecule has 0 N–H and O–H groups in total. The lowest BCUT2D eigenvalue weighted by Crippen LogP contribution is -2.01. The lowest BCUT2D eigenvalue weighted by atomic mass is 10.0. The van der Waals surface area contributed by atoms with Crippen LogP contribution in [-0.4, -0.2) is 24.1 Å². The predicted molar refractivity (Wildman–Crippen MR) is 250 cm³/mol. The van der Waals surface area contributed by atoms with E-state index in [9.17, 15) is 0 Å². The second-order valence-electron chi connectivity index (χ2n) is 15.6. The summed E-state index contributed by atoms with van der Waals surface area (Å²) in [6.07, 6.45) is 0. The van der Waals surface area contributed by atoms with Gasteiger partial charge in [-0.05, 0) is 71.4 Å². The van der Waals surface area contributed by atoms with Crippen molar-refractivity contribution in [3.05, 3.63) is 200 Å². The van der Waals surface area contributed by atoms with Crippen LogP contribution in [0, 0.1) is 0 Å². The fourth-order valence-electron chi connectivity index (χ4n) is 9.39. The van der Waals surface area contributed by atoms with Crippen LogP contribution in [0.1, 0.15) is 0 Å². The summed E-state index contributed by atoms with van der Waals surface area (Å²) in [5.74, 6) is 1.71. The highest BCUT2D eigenvalue weighted by molar-refractivity contribution is 6.18. The largest absolute Gasteiger partial charge is 0.455 e. The molecule has 284 valence electrons. The highest BCUT2D eigenvalue weighted by Gasteiger charge is 2.24. The van der Waals surface area contributed by atoms with Crippen molar-refractivity contribution in [1.29, 1.82) is 0 Å². The smallest absolute Gasteiger partial charge is 0.167 e. The minimum atomic E-state index is 0.538. The van der Waals surface area contributed by atoms with E-state index in [1.165, 1.54) is 32.3 Å². The van der Waals surface area contributed by atoms with Gasteiger partial charge in [0.25, 0.3) is 0 Å². The minimum Gasteiger partial charge on any atom is -0.455 e. The Morgan fingerprint density at radius 3 is 1.72 bits per heavy atom. The number of furan rings is 1. The first-order valence-corrected chi connectivity index (χ1v) is 20.5. The summed E-state index contributed by atoms with van der Waals surface area (Å²) in [6, 6.07) is 70.2. The van der Waals surface area contributed by atoms with E-state index in [0.717, 1.165) is 72.1 Å². The third-order valence-corrected chi connectivity index (χ3v) is 12.1. The molecular weight excluding hydrogens is 747 g/mol. The number of para-hydroxylation sites is 4. The van der Waals surface area contributed by atoms with E-state index >= 15 is 0 Å². The molecule has 9 aromatic carbocycles. The number of nitrogens with zero attached hydrogens (tertiary/aromatic N) is 5. The van der Waals surface area contributed by atoms with Crippen molar-refractivity contribution < 1.29 is 4.42 Å². The normalized spacial score (nSPS) is 11.9. The average molecular weight is 780 g/mol. The summed E-state index contributed by atoms with van der Waals surface area (Å²) in [5, 5.41) is 9.20. The molecule has 0 radical (unpaired) electrons. The van der Waals surface area contributed by atoms with Crippen LogP contribution in [0.25, 0.3) is 122 Å². The molecule has 13 rings (SSSR count). The average Bonchev–Trinajstić information content (AvgIpc) is 3.99. The van der Waals surface area contributed by atoms with Gasteiger partial charge in [0, 0.05) is 43.7 Å². The van der Waals surface area contributed by atoms with E-state index < -0.39 is 0 Å². The maximum absolute atomic E-state index is 6.90. The Kier molecular flexibility index (Phi) is 7.21. The molecule has 0 fully saturated rings. The molecule has 0 spiro atoms. The number of hydrogen-bond donors (Lipinski definition) is 0. The molecule has 0 aliphatic heterocycles. The van der Waals surface area contributed by atoms with E-state index in [0.29, 0.717) is 17.5 Å². The van der Waals surface area contributed by atoms with Crippen molar-refractivity contribution in [2.45, 2.75) is 0 Å². The quantitative estimate of drug-likeness (QED) is 0.175. The second-order valence-corrected chi connectivity index (χ2v) is 15.6. The van der Waals surface area contributed by atoms with Crippen LogP contribution in [0.2, 0.25) is 0 Å². The van der Waals surface area contributed by atoms with Gasteiger partial charge in [-0.1, -0.05) is 140 Å². The SMILES string of the molecule is c1ccc(-c2nc(-c3ccc4c5ccccc5n(-c5ccccc5)c4c3)nc(-c3ccc(-n4c5ccccc5c5cc6ccccc6cc54)c4c3oc3ccccc34)n2)cc1. The van der Waals surface area contributed by atoms with Crippen molar-refractivity contribution in [2.75, 3.05) is 0 Å². The lowest BCUT2D eigenvalue weighted by molar-refractivity contribution is 0.669. The summed E-state index contributed by atoms with van der Waals surface area (Å²) in [6.45, 7) is 0. The van der Waals surface area contributed by atoms with E-state index in [2.05, 4.69) is 167 Å². The molecule has 0 aliphatic rings. The van der Waals surface area contributed by atoms with Gasteiger partial charge in [0.1, 0.15) is 11.2 Å². The van der Waals surface area contributed by atoms with E-state index in [4.69, 9.17) is 19.4 Å². The summed E-state index contributed by atoms with van der Waals surface area (Å²) in [5.41, 5.74) is 10.7. The summed E-state index contributed by atoms with van der Waals surface area (Å²) in [4.78, 5) is 15.7. The zero-order valence-electron chi connectivity index (χ0n) is 32.7. The maximum Gasteiger partial charge on any atom is 0.167 e. The van der Waals surface area contributed by atoms with Crippen molar-refractivity contribution >= 4 is 76.3 Å². The van der Waals surface area contributed by atoms with Gasteiger partial charge in [-0.2, -0.15) is 0 Å². The molecule has 4 aromatic heterocycles. The van der Waals surface area contributed by atoms with Gasteiger partial charge in [0.05, 0.1) is 38.7 Å². The number of rotatable bonds is 5. The summed E-state index contributed by atoms with van der Waals surface area (Å²) in [7, 11) is 0. The van der Waals surface area contributed by atoms with Gasteiger partial charge in [0.2, 0.25) is 0 Å². The zero-order valence-corrected chi connectivity index (χ0v) is 32.7. The number of hydrogen-bond acceptors (Lipinski definition) is 4. The van der Waals surface area contributed by atoms with E-state index in [1.807, 2.05) is 42.5 Å². The fraction of sp³-hybridized carbons (Fsp3) is 0. The zero-order chi connectivity index (χ0) is 40.0. The van der Waals surface area contributed by atoms with Crippen LogP contribution in [-0.2, 0) is 0 Å². The monoisotopic (exact) mass is 779 g/mol. The maximum atomic E-state index is 6.90. The molecule has 0 saturated carbocycles. The molecule has 4 heterocycles. The molecule has 6 heteroatoms. The third kappa shape index (κ3) is 5.12.